The van der Waals surface area contributed by atoms with Crippen LogP contribution in [0.4, 0.5) is 0 Å². The molecule has 3 heteroatoms. The Morgan fingerprint density at radius 1 is 1.50 bits per heavy atom. The molecule has 1 aromatic rings. The molecule has 0 fully saturated rings. The lowest BCUT2D eigenvalue weighted by atomic mass is 9.91. The molecule has 0 saturated heterocycles. The van der Waals surface area contributed by atoms with E-state index in [1.165, 1.54) is 5.56 Å². The molecule has 2 rings (SSSR count). The molecule has 0 bridgehead atoms. The molecule has 1 atom stereocenters. The monoisotopic (exact) mass is 185 g/mol. The van der Waals surface area contributed by atoms with Crippen molar-refractivity contribution >= 4 is 12.4 Å². The second-order valence-corrected chi connectivity index (χ2v) is 2.98. The lowest BCUT2D eigenvalue weighted by Crippen LogP contribution is -2.08. The number of hydrogen-bond donors (Lipinski definition) is 1. The summed E-state index contributed by atoms with van der Waals surface area (Å²) in [6.07, 6.45) is 6.37. The summed E-state index contributed by atoms with van der Waals surface area (Å²) in [6, 6.07) is 2.00. The highest BCUT2D eigenvalue weighted by Crippen LogP contribution is 2.27. The molecule has 0 amide bonds. The highest BCUT2D eigenvalue weighted by atomic mass is 35.5. The number of rotatable bonds is 0. The van der Waals surface area contributed by atoms with Gasteiger partial charge in [-0.3, -0.25) is 4.98 Å². The fraction of sp³-hybridized carbons (Fsp3) is 0.444. The summed E-state index contributed by atoms with van der Waals surface area (Å²) < 4.78 is 0. The summed E-state index contributed by atoms with van der Waals surface area (Å²) in [5.74, 6) is 0. The van der Waals surface area contributed by atoms with Gasteiger partial charge >= 0.3 is 0 Å². The fourth-order valence-corrected chi connectivity index (χ4v) is 1.60. The van der Waals surface area contributed by atoms with Gasteiger partial charge in [0, 0.05) is 18.0 Å². The van der Waals surface area contributed by atoms with E-state index in [0.717, 1.165) is 24.8 Å². The molecular weight excluding hydrogens is 174 g/mol. The van der Waals surface area contributed by atoms with Crippen molar-refractivity contribution in [1.82, 2.24) is 4.98 Å². The zero-order chi connectivity index (χ0) is 7.68. The number of aliphatic hydroxyl groups excluding tert-OH is 1. The minimum absolute atomic E-state index is 0. The molecule has 1 unspecified atom stereocenters. The van der Waals surface area contributed by atoms with Crippen LogP contribution in [-0.2, 0) is 6.42 Å². The van der Waals surface area contributed by atoms with Crippen LogP contribution >= 0.6 is 12.4 Å². The minimum atomic E-state index is -0.271. The van der Waals surface area contributed by atoms with E-state index in [4.69, 9.17) is 0 Å². The van der Waals surface area contributed by atoms with Crippen LogP contribution in [0.5, 0.6) is 0 Å². The summed E-state index contributed by atoms with van der Waals surface area (Å²) in [6.45, 7) is 0. The van der Waals surface area contributed by atoms with Gasteiger partial charge in [0.05, 0.1) is 6.10 Å². The second kappa shape index (κ2) is 3.87. The van der Waals surface area contributed by atoms with Gasteiger partial charge in [-0.05, 0) is 30.9 Å². The van der Waals surface area contributed by atoms with Gasteiger partial charge in [-0.15, -0.1) is 12.4 Å². The van der Waals surface area contributed by atoms with Crippen LogP contribution in [-0.4, -0.2) is 10.1 Å². The lowest BCUT2D eigenvalue weighted by Gasteiger charge is -2.19. The number of fused-ring (bicyclic) bond motifs is 1. The molecule has 1 N–H and O–H groups in total. The largest absolute Gasteiger partial charge is 0.388 e. The first kappa shape index (κ1) is 9.49. The van der Waals surface area contributed by atoms with Crippen LogP contribution in [0.3, 0.4) is 0 Å². The normalized spacial score (nSPS) is 20.9. The summed E-state index contributed by atoms with van der Waals surface area (Å²) in [5.41, 5.74) is 2.29. The first-order valence-corrected chi connectivity index (χ1v) is 3.99. The SMILES string of the molecule is Cl.OC1CCCc2ccncc21. The van der Waals surface area contributed by atoms with Crippen LogP contribution in [0.15, 0.2) is 18.5 Å². The summed E-state index contributed by atoms with van der Waals surface area (Å²) in [7, 11) is 0. The molecule has 0 spiro atoms. The van der Waals surface area contributed by atoms with E-state index in [1.54, 1.807) is 12.4 Å². The topological polar surface area (TPSA) is 33.1 Å². The van der Waals surface area contributed by atoms with Crippen molar-refractivity contribution in [3.05, 3.63) is 29.6 Å². The molecule has 1 aliphatic carbocycles. The maximum absolute atomic E-state index is 9.52. The smallest absolute Gasteiger partial charge is 0.0807 e. The number of nitrogens with zero attached hydrogens (tertiary/aromatic N) is 1. The molecule has 0 radical (unpaired) electrons. The molecule has 0 aromatic carbocycles. The van der Waals surface area contributed by atoms with Crippen LogP contribution < -0.4 is 0 Å². The van der Waals surface area contributed by atoms with E-state index in [0.29, 0.717) is 0 Å². The number of halogens is 1. The number of hydrogen-bond acceptors (Lipinski definition) is 2. The zero-order valence-corrected chi connectivity index (χ0v) is 7.55. The Kier molecular flexibility index (Phi) is 3.06. The highest BCUT2D eigenvalue weighted by Gasteiger charge is 2.16. The molecule has 12 heavy (non-hydrogen) atoms. The molecule has 1 aromatic heterocycles. The third kappa shape index (κ3) is 1.59. The Morgan fingerprint density at radius 3 is 3.08 bits per heavy atom. The maximum Gasteiger partial charge on any atom is 0.0807 e. The zero-order valence-electron chi connectivity index (χ0n) is 6.73. The van der Waals surface area contributed by atoms with E-state index in [2.05, 4.69) is 4.98 Å². The molecular formula is C9H12ClNO. The first-order valence-electron chi connectivity index (χ1n) is 3.99. The van der Waals surface area contributed by atoms with Gasteiger partial charge in [0.15, 0.2) is 0 Å². The lowest BCUT2D eigenvalue weighted by molar-refractivity contribution is 0.156. The van der Waals surface area contributed by atoms with Crippen molar-refractivity contribution in [1.29, 1.82) is 0 Å². The first-order chi connectivity index (χ1) is 5.38. The summed E-state index contributed by atoms with van der Waals surface area (Å²) >= 11 is 0. The Hall–Kier alpha value is -0.600. The Bertz CT molecular complexity index is 264. The number of pyridine rings is 1. The Balaban J connectivity index is 0.000000720. The van der Waals surface area contributed by atoms with Crippen LogP contribution in [0.25, 0.3) is 0 Å². The van der Waals surface area contributed by atoms with E-state index in [1.807, 2.05) is 6.07 Å². The van der Waals surface area contributed by atoms with Crippen LogP contribution in [0.1, 0.15) is 30.1 Å². The number of aliphatic hydroxyl groups is 1. The van der Waals surface area contributed by atoms with E-state index >= 15 is 0 Å². The third-order valence-corrected chi connectivity index (χ3v) is 2.23. The van der Waals surface area contributed by atoms with Gasteiger partial charge in [0.25, 0.3) is 0 Å². The summed E-state index contributed by atoms with van der Waals surface area (Å²) in [5, 5.41) is 9.52. The van der Waals surface area contributed by atoms with E-state index < -0.39 is 0 Å². The van der Waals surface area contributed by atoms with Gasteiger partial charge in [-0.25, -0.2) is 0 Å². The standard InChI is InChI=1S/C9H11NO.ClH/c11-9-3-1-2-7-4-5-10-6-8(7)9;/h4-6,9,11H,1-3H2;1H. The Morgan fingerprint density at radius 2 is 2.33 bits per heavy atom. The van der Waals surface area contributed by atoms with Gasteiger partial charge in [-0.1, -0.05) is 0 Å². The van der Waals surface area contributed by atoms with Gasteiger partial charge in [0.2, 0.25) is 0 Å². The predicted octanol–water partition coefficient (Wildman–Crippen LogP) is 1.87. The van der Waals surface area contributed by atoms with Crippen molar-refractivity contribution in [2.24, 2.45) is 0 Å². The van der Waals surface area contributed by atoms with Crippen molar-refractivity contribution in [2.75, 3.05) is 0 Å². The molecule has 66 valence electrons. The second-order valence-electron chi connectivity index (χ2n) is 2.98. The number of aryl methyl sites for hydroxylation is 1. The molecule has 0 aliphatic heterocycles. The van der Waals surface area contributed by atoms with Crippen LogP contribution in [0, 0.1) is 0 Å². The van der Waals surface area contributed by atoms with Gasteiger partial charge < -0.3 is 5.11 Å². The predicted molar refractivity (Wildman–Crippen MR) is 49.4 cm³/mol. The average molecular weight is 186 g/mol. The van der Waals surface area contributed by atoms with Gasteiger partial charge in [-0.2, -0.15) is 0 Å². The molecule has 0 saturated carbocycles. The van der Waals surface area contributed by atoms with E-state index in [9.17, 15) is 5.11 Å². The minimum Gasteiger partial charge on any atom is -0.388 e. The van der Waals surface area contributed by atoms with Crippen molar-refractivity contribution in [3.8, 4) is 0 Å². The van der Waals surface area contributed by atoms with Crippen molar-refractivity contribution < 1.29 is 5.11 Å². The summed E-state index contributed by atoms with van der Waals surface area (Å²) in [4.78, 5) is 3.99. The molecule has 1 aliphatic rings. The molecule has 1 heterocycles. The third-order valence-electron chi connectivity index (χ3n) is 2.23. The van der Waals surface area contributed by atoms with Crippen LogP contribution in [0.2, 0.25) is 0 Å². The van der Waals surface area contributed by atoms with Crippen molar-refractivity contribution in [3.63, 3.8) is 0 Å². The highest BCUT2D eigenvalue weighted by molar-refractivity contribution is 5.85. The maximum atomic E-state index is 9.52. The fourth-order valence-electron chi connectivity index (χ4n) is 1.60. The van der Waals surface area contributed by atoms with E-state index in [-0.39, 0.29) is 18.5 Å². The van der Waals surface area contributed by atoms with Gasteiger partial charge in [0.1, 0.15) is 0 Å². The average Bonchev–Trinajstić information content (AvgIpc) is 2.06. The quantitative estimate of drug-likeness (QED) is 0.670. The van der Waals surface area contributed by atoms with Crippen molar-refractivity contribution in [2.45, 2.75) is 25.4 Å². The number of aromatic nitrogens is 1. The molecule has 2 nitrogen and oxygen atoms in total. The Labute approximate surface area is 78.1 Å².